The van der Waals surface area contributed by atoms with E-state index in [1.165, 1.54) is 62.6 Å². The van der Waals surface area contributed by atoms with Gasteiger partial charge in [0.2, 0.25) is 0 Å². The molecule has 22 heavy (non-hydrogen) atoms. The lowest BCUT2D eigenvalue weighted by molar-refractivity contribution is 0.366. The highest BCUT2D eigenvalue weighted by Gasteiger charge is 2.21. The van der Waals surface area contributed by atoms with E-state index < -0.39 is 0 Å². The molecular formula is C17H24N4O. The third-order valence-electron chi connectivity index (χ3n) is 5.17. The second-order valence-electron chi connectivity index (χ2n) is 6.77. The van der Waals surface area contributed by atoms with E-state index in [9.17, 15) is 0 Å². The minimum absolute atomic E-state index is 0.600. The number of hydrogen-bond donors (Lipinski definition) is 0. The Hall–Kier alpha value is -1.65. The molecule has 0 saturated heterocycles. The first-order valence-corrected chi connectivity index (χ1v) is 8.76. The van der Waals surface area contributed by atoms with Gasteiger partial charge in [-0.3, -0.25) is 0 Å². The molecule has 2 aliphatic carbocycles. The predicted molar refractivity (Wildman–Crippen MR) is 82.7 cm³/mol. The first-order valence-electron chi connectivity index (χ1n) is 8.76. The van der Waals surface area contributed by atoms with Crippen LogP contribution < -0.4 is 0 Å². The first-order chi connectivity index (χ1) is 10.9. The Balaban J connectivity index is 1.48. The zero-order valence-corrected chi connectivity index (χ0v) is 13.1. The maximum atomic E-state index is 5.49. The third kappa shape index (κ3) is 2.81. The van der Waals surface area contributed by atoms with Gasteiger partial charge < -0.3 is 4.52 Å². The van der Waals surface area contributed by atoms with Gasteiger partial charge in [0.1, 0.15) is 11.5 Å². The fourth-order valence-corrected chi connectivity index (χ4v) is 3.88. The molecular weight excluding hydrogens is 276 g/mol. The van der Waals surface area contributed by atoms with Crippen molar-refractivity contribution in [3.05, 3.63) is 28.9 Å². The molecule has 2 aromatic heterocycles. The Labute approximate surface area is 131 Å². The molecule has 0 amide bonds. The van der Waals surface area contributed by atoms with Crippen LogP contribution in [0.2, 0.25) is 0 Å². The Morgan fingerprint density at radius 2 is 1.86 bits per heavy atom. The van der Waals surface area contributed by atoms with Gasteiger partial charge in [-0.1, -0.05) is 36.1 Å². The van der Waals surface area contributed by atoms with Crippen molar-refractivity contribution in [1.82, 2.24) is 20.2 Å². The third-order valence-corrected chi connectivity index (χ3v) is 5.17. The number of nitrogens with zero attached hydrogens (tertiary/aromatic N) is 4. The Kier molecular flexibility index (Phi) is 3.95. The Morgan fingerprint density at radius 3 is 2.73 bits per heavy atom. The van der Waals surface area contributed by atoms with Crippen molar-refractivity contribution in [1.29, 1.82) is 0 Å². The maximum absolute atomic E-state index is 5.49. The van der Waals surface area contributed by atoms with E-state index in [2.05, 4.69) is 21.7 Å². The van der Waals surface area contributed by atoms with Gasteiger partial charge in [-0.15, -0.1) is 5.10 Å². The van der Waals surface area contributed by atoms with Crippen LogP contribution in [0.1, 0.15) is 80.0 Å². The molecule has 4 rings (SSSR count). The van der Waals surface area contributed by atoms with E-state index in [0.717, 1.165) is 24.3 Å². The monoisotopic (exact) mass is 300 g/mol. The number of fused-ring (bicyclic) bond motifs is 1. The average Bonchev–Trinajstić information content (AvgIpc) is 3.08. The maximum Gasteiger partial charge on any atom is 0.140 e. The molecule has 0 bridgehead atoms. The fraction of sp³-hybridized carbons (Fsp3) is 0.706. The first kappa shape index (κ1) is 14.0. The van der Waals surface area contributed by atoms with Gasteiger partial charge in [0.15, 0.2) is 0 Å². The summed E-state index contributed by atoms with van der Waals surface area (Å²) in [4.78, 5) is 0. The van der Waals surface area contributed by atoms with E-state index in [0.29, 0.717) is 12.5 Å². The molecule has 2 aromatic rings. The summed E-state index contributed by atoms with van der Waals surface area (Å²) in [5.74, 6) is 1.69. The van der Waals surface area contributed by atoms with Crippen LogP contribution in [0.25, 0.3) is 0 Å². The lowest BCUT2D eigenvalue weighted by Crippen LogP contribution is -2.06. The van der Waals surface area contributed by atoms with Gasteiger partial charge in [0, 0.05) is 24.1 Å². The summed E-state index contributed by atoms with van der Waals surface area (Å²) < 4.78 is 7.42. The molecule has 1 fully saturated rings. The zero-order chi connectivity index (χ0) is 14.8. The summed E-state index contributed by atoms with van der Waals surface area (Å²) in [7, 11) is 0. The highest BCUT2D eigenvalue weighted by Crippen LogP contribution is 2.30. The Morgan fingerprint density at radius 1 is 1.05 bits per heavy atom. The smallest absolute Gasteiger partial charge is 0.140 e. The second-order valence-corrected chi connectivity index (χ2v) is 6.77. The van der Waals surface area contributed by atoms with Crippen molar-refractivity contribution in [2.24, 2.45) is 0 Å². The largest absolute Gasteiger partial charge is 0.361 e. The van der Waals surface area contributed by atoms with E-state index in [4.69, 9.17) is 4.52 Å². The van der Waals surface area contributed by atoms with Crippen LogP contribution in [0, 0.1) is 0 Å². The van der Waals surface area contributed by atoms with Crippen molar-refractivity contribution >= 4 is 0 Å². The molecule has 0 unspecified atom stereocenters. The van der Waals surface area contributed by atoms with Crippen LogP contribution in [0.15, 0.2) is 10.7 Å². The number of hydrogen-bond acceptors (Lipinski definition) is 4. The fourth-order valence-electron chi connectivity index (χ4n) is 3.88. The van der Waals surface area contributed by atoms with Gasteiger partial charge in [-0.25, -0.2) is 4.68 Å². The van der Waals surface area contributed by atoms with Crippen LogP contribution in [0.5, 0.6) is 0 Å². The minimum atomic E-state index is 0.600. The zero-order valence-electron chi connectivity index (χ0n) is 13.1. The quantitative estimate of drug-likeness (QED) is 0.812. The average molecular weight is 300 g/mol. The van der Waals surface area contributed by atoms with Gasteiger partial charge >= 0.3 is 0 Å². The van der Waals surface area contributed by atoms with E-state index in [1.807, 2.05) is 4.68 Å². The number of aromatic nitrogens is 4. The van der Waals surface area contributed by atoms with Crippen LogP contribution in [-0.2, 0) is 19.4 Å². The SMILES string of the molecule is c1c(C2CCCCCC2)nnn1Cc1noc2c1CCCC2. The highest BCUT2D eigenvalue weighted by molar-refractivity contribution is 5.25. The molecule has 0 spiro atoms. The lowest BCUT2D eigenvalue weighted by atomic mass is 9.96. The van der Waals surface area contributed by atoms with Crippen molar-refractivity contribution in [3.8, 4) is 0 Å². The molecule has 0 aromatic carbocycles. The van der Waals surface area contributed by atoms with Gasteiger partial charge in [0.25, 0.3) is 0 Å². The van der Waals surface area contributed by atoms with Gasteiger partial charge in [-0.05, 0) is 32.1 Å². The highest BCUT2D eigenvalue weighted by atomic mass is 16.5. The van der Waals surface area contributed by atoms with Crippen molar-refractivity contribution in [3.63, 3.8) is 0 Å². The summed E-state index contributed by atoms with van der Waals surface area (Å²) in [6.45, 7) is 0.693. The van der Waals surface area contributed by atoms with E-state index >= 15 is 0 Å². The predicted octanol–water partition coefficient (Wildman–Crippen LogP) is 3.63. The van der Waals surface area contributed by atoms with Gasteiger partial charge in [-0.2, -0.15) is 0 Å². The van der Waals surface area contributed by atoms with Crippen LogP contribution in [-0.4, -0.2) is 20.2 Å². The summed E-state index contributed by atoms with van der Waals surface area (Å²) in [6, 6.07) is 0. The molecule has 2 aliphatic rings. The van der Waals surface area contributed by atoms with Gasteiger partial charge in [0.05, 0.1) is 12.2 Å². The van der Waals surface area contributed by atoms with Crippen molar-refractivity contribution in [2.45, 2.75) is 76.7 Å². The lowest BCUT2D eigenvalue weighted by Gasteiger charge is -2.09. The molecule has 0 radical (unpaired) electrons. The number of aryl methyl sites for hydroxylation is 1. The molecule has 5 heteroatoms. The summed E-state index contributed by atoms with van der Waals surface area (Å²) in [5, 5.41) is 13.0. The molecule has 5 nitrogen and oxygen atoms in total. The van der Waals surface area contributed by atoms with Crippen LogP contribution in [0.3, 0.4) is 0 Å². The molecule has 2 heterocycles. The van der Waals surface area contributed by atoms with E-state index in [1.54, 1.807) is 0 Å². The minimum Gasteiger partial charge on any atom is -0.361 e. The van der Waals surface area contributed by atoms with Crippen molar-refractivity contribution < 1.29 is 4.52 Å². The molecule has 118 valence electrons. The molecule has 1 saturated carbocycles. The van der Waals surface area contributed by atoms with Crippen LogP contribution in [0.4, 0.5) is 0 Å². The Bertz CT molecular complexity index is 622. The molecule has 0 atom stereocenters. The van der Waals surface area contributed by atoms with Crippen molar-refractivity contribution in [2.75, 3.05) is 0 Å². The standard InChI is InChI=1S/C17H24N4O/c1-2-4-8-13(7-3-1)15-11-21(20-18-15)12-16-14-9-5-6-10-17(14)22-19-16/h11,13H,1-10,12H2. The van der Waals surface area contributed by atoms with E-state index in [-0.39, 0.29) is 0 Å². The summed E-state index contributed by atoms with van der Waals surface area (Å²) in [5.41, 5.74) is 3.53. The molecule has 0 N–H and O–H groups in total. The number of rotatable bonds is 3. The van der Waals surface area contributed by atoms with Crippen LogP contribution >= 0.6 is 0 Å². The summed E-state index contributed by atoms with van der Waals surface area (Å²) >= 11 is 0. The molecule has 0 aliphatic heterocycles. The topological polar surface area (TPSA) is 56.7 Å². The summed E-state index contributed by atoms with van der Waals surface area (Å²) in [6.07, 6.45) is 14.6. The normalized spacial score (nSPS) is 19.8. The second kappa shape index (κ2) is 6.23.